The van der Waals surface area contributed by atoms with Gasteiger partial charge in [-0.05, 0) is 36.8 Å². The molecule has 2 amide bonds. The minimum Gasteiger partial charge on any atom is -0.367 e. The highest BCUT2D eigenvalue weighted by Gasteiger charge is 2.59. The average Bonchev–Trinajstić information content (AvgIpc) is 3.14. The van der Waals surface area contributed by atoms with Gasteiger partial charge in [-0.3, -0.25) is 14.5 Å². The summed E-state index contributed by atoms with van der Waals surface area (Å²) in [6.45, 7) is 2.28. The summed E-state index contributed by atoms with van der Waals surface area (Å²) in [7, 11) is 0. The van der Waals surface area contributed by atoms with E-state index in [-0.39, 0.29) is 42.2 Å². The summed E-state index contributed by atoms with van der Waals surface area (Å²) >= 11 is 0. The molecule has 4 nitrogen and oxygen atoms in total. The molecule has 1 N–H and O–H groups in total. The molecule has 0 aromatic heterocycles. The highest BCUT2D eigenvalue weighted by molar-refractivity contribution is 6.06. The fraction of sp³-hybridized carbons (Fsp3) is 0.412. The zero-order valence-electron chi connectivity index (χ0n) is 12.0. The van der Waals surface area contributed by atoms with Gasteiger partial charge in [-0.15, -0.1) is 0 Å². The van der Waals surface area contributed by atoms with Gasteiger partial charge < -0.3 is 5.32 Å². The number of nitrogens with one attached hydrogen (secondary N) is 1. The van der Waals surface area contributed by atoms with Crippen LogP contribution in [0, 0.1) is 30.6 Å². The van der Waals surface area contributed by atoms with Crippen LogP contribution in [-0.4, -0.2) is 23.4 Å². The molecule has 1 heterocycles. The van der Waals surface area contributed by atoms with Crippen LogP contribution in [-0.2, 0) is 9.59 Å². The normalized spacial score (nSPS) is 32.9. The Morgan fingerprint density at radius 2 is 1.71 bits per heavy atom. The summed E-state index contributed by atoms with van der Waals surface area (Å²) in [5.74, 6) is 0.350. The minimum absolute atomic E-state index is 0.00272. The highest BCUT2D eigenvalue weighted by atomic mass is 16.2. The predicted molar refractivity (Wildman–Crippen MR) is 79.2 cm³/mol. The molecule has 1 aromatic carbocycles. The van der Waals surface area contributed by atoms with Gasteiger partial charge in [-0.25, -0.2) is 0 Å². The topological polar surface area (TPSA) is 49.4 Å². The van der Waals surface area contributed by atoms with Crippen molar-refractivity contribution in [2.45, 2.75) is 13.3 Å². The van der Waals surface area contributed by atoms with Gasteiger partial charge in [0.1, 0.15) is 0 Å². The maximum atomic E-state index is 12.5. The number of imide groups is 1. The standard InChI is InChI=1S/C17H18N2O2/c1-10-4-2-3-5-13(10)18-9-19-16(20)14-11-6-7-12(8-11)15(14)17(19)21/h2-7,11-12,14-15,18H,8-9H2,1H3/t11-,12-,14-,15+/m1/s1. The second kappa shape index (κ2) is 4.45. The Kier molecular flexibility index (Phi) is 2.67. The van der Waals surface area contributed by atoms with Crippen LogP contribution < -0.4 is 5.32 Å². The van der Waals surface area contributed by atoms with Crippen LogP contribution in [0.1, 0.15) is 12.0 Å². The van der Waals surface area contributed by atoms with E-state index in [2.05, 4.69) is 17.5 Å². The van der Waals surface area contributed by atoms with Gasteiger partial charge in [0.25, 0.3) is 0 Å². The van der Waals surface area contributed by atoms with Crippen LogP contribution in [0.5, 0.6) is 0 Å². The lowest BCUT2D eigenvalue weighted by atomic mass is 9.85. The molecule has 0 radical (unpaired) electrons. The number of anilines is 1. The first-order valence-electron chi connectivity index (χ1n) is 7.50. The number of nitrogens with zero attached hydrogens (tertiary/aromatic N) is 1. The molecule has 0 unspecified atom stereocenters. The Morgan fingerprint density at radius 3 is 2.33 bits per heavy atom. The number of para-hydroxylation sites is 1. The lowest BCUT2D eigenvalue weighted by molar-refractivity contribution is -0.140. The molecule has 1 saturated carbocycles. The SMILES string of the molecule is Cc1ccccc1NCN1C(=O)[C@@H]2[C@H](C1=O)[C@@H]1C=C[C@@H]2C1. The van der Waals surface area contributed by atoms with Crippen molar-refractivity contribution in [3.05, 3.63) is 42.0 Å². The number of allylic oxidation sites excluding steroid dienone is 2. The monoisotopic (exact) mass is 282 g/mol. The molecule has 21 heavy (non-hydrogen) atoms. The molecule has 4 atom stereocenters. The number of aryl methyl sites for hydroxylation is 1. The predicted octanol–water partition coefficient (Wildman–Crippen LogP) is 2.17. The summed E-state index contributed by atoms with van der Waals surface area (Å²) in [5.41, 5.74) is 2.08. The van der Waals surface area contributed by atoms with E-state index in [9.17, 15) is 9.59 Å². The van der Waals surface area contributed by atoms with E-state index in [1.165, 1.54) is 4.90 Å². The second-order valence-corrected chi connectivity index (χ2v) is 6.25. The summed E-state index contributed by atoms with van der Waals surface area (Å²) in [6.07, 6.45) is 5.22. The quantitative estimate of drug-likeness (QED) is 0.683. The van der Waals surface area contributed by atoms with Crippen LogP contribution in [0.4, 0.5) is 5.69 Å². The van der Waals surface area contributed by atoms with E-state index in [1.54, 1.807) is 0 Å². The van der Waals surface area contributed by atoms with Crippen molar-refractivity contribution in [2.75, 3.05) is 12.0 Å². The van der Waals surface area contributed by atoms with E-state index in [0.717, 1.165) is 17.7 Å². The Hall–Kier alpha value is -2.10. The molecule has 4 heteroatoms. The molecular weight excluding hydrogens is 264 g/mol. The number of carbonyl (C=O) groups excluding carboxylic acids is 2. The zero-order chi connectivity index (χ0) is 14.6. The first-order valence-corrected chi connectivity index (χ1v) is 7.50. The largest absolute Gasteiger partial charge is 0.367 e. The van der Waals surface area contributed by atoms with Gasteiger partial charge in [0, 0.05) is 5.69 Å². The van der Waals surface area contributed by atoms with Crippen molar-refractivity contribution < 1.29 is 9.59 Å². The van der Waals surface area contributed by atoms with E-state index in [0.29, 0.717) is 0 Å². The Labute approximate surface area is 123 Å². The number of carbonyl (C=O) groups is 2. The van der Waals surface area contributed by atoms with Crippen LogP contribution in [0.2, 0.25) is 0 Å². The van der Waals surface area contributed by atoms with E-state index in [1.807, 2.05) is 31.2 Å². The summed E-state index contributed by atoms with van der Waals surface area (Å²) in [5, 5.41) is 3.22. The first kappa shape index (κ1) is 12.6. The highest BCUT2D eigenvalue weighted by Crippen LogP contribution is 2.52. The molecule has 2 bridgehead atoms. The van der Waals surface area contributed by atoms with Gasteiger partial charge in [-0.1, -0.05) is 30.4 Å². The Balaban J connectivity index is 1.51. The first-order chi connectivity index (χ1) is 10.2. The van der Waals surface area contributed by atoms with Crippen LogP contribution in [0.15, 0.2) is 36.4 Å². The van der Waals surface area contributed by atoms with Gasteiger partial charge in [0.15, 0.2) is 0 Å². The molecule has 3 aliphatic rings. The van der Waals surface area contributed by atoms with Gasteiger partial charge in [-0.2, -0.15) is 0 Å². The third kappa shape index (κ3) is 1.75. The molecule has 2 fully saturated rings. The van der Waals surface area contributed by atoms with Gasteiger partial charge in [0.2, 0.25) is 11.8 Å². The van der Waals surface area contributed by atoms with Crippen molar-refractivity contribution >= 4 is 17.5 Å². The lowest BCUT2D eigenvalue weighted by Crippen LogP contribution is -2.37. The van der Waals surface area contributed by atoms with E-state index in [4.69, 9.17) is 0 Å². The molecule has 0 spiro atoms. The molecule has 2 aliphatic carbocycles. The van der Waals surface area contributed by atoms with Crippen LogP contribution in [0.25, 0.3) is 0 Å². The summed E-state index contributed by atoms with van der Waals surface area (Å²) in [4.78, 5) is 26.5. The number of likely N-dealkylation sites (tertiary alicyclic amines) is 1. The molecule has 1 aliphatic heterocycles. The second-order valence-electron chi connectivity index (χ2n) is 6.25. The van der Waals surface area contributed by atoms with Gasteiger partial charge in [0.05, 0.1) is 18.5 Å². The van der Waals surface area contributed by atoms with Crippen molar-refractivity contribution in [1.82, 2.24) is 4.90 Å². The van der Waals surface area contributed by atoms with Crippen molar-refractivity contribution in [3.63, 3.8) is 0 Å². The number of benzene rings is 1. The number of hydrogen-bond acceptors (Lipinski definition) is 3. The molecule has 1 saturated heterocycles. The average molecular weight is 282 g/mol. The third-order valence-electron chi connectivity index (χ3n) is 5.13. The maximum absolute atomic E-state index is 12.5. The molecule has 108 valence electrons. The lowest BCUT2D eigenvalue weighted by Gasteiger charge is -2.19. The minimum atomic E-state index is -0.105. The molecule has 1 aromatic rings. The smallest absolute Gasteiger partial charge is 0.235 e. The summed E-state index contributed by atoms with van der Waals surface area (Å²) < 4.78 is 0. The third-order valence-corrected chi connectivity index (χ3v) is 5.13. The molecular formula is C17H18N2O2. The summed E-state index contributed by atoms with van der Waals surface area (Å²) in [6, 6.07) is 7.89. The Bertz CT molecular complexity index is 622. The van der Waals surface area contributed by atoms with Gasteiger partial charge >= 0.3 is 0 Å². The molecule has 4 rings (SSSR count). The number of hydrogen-bond donors (Lipinski definition) is 1. The number of rotatable bonds is 3. The fourth-order valence-electron chi connectivity index (χ4n) is 4.06. The van der Waals surface area contributed by atoms with Crippen LogP contribution in [0.3, 0.4) is 0 Å². The van der Waals surface area contributed by atoms with Crippen LogP contribution >= 0.6 is 0 Å². The number of amides is 2. The Morgan fingerprint density at radius 1 is 1.10 bits per heavy atom. The fourth-order valence-corrected chi connectivity index (χ4v) is 4.06. The maximum Gasteiger partial charge on any atom is 0.235 e. The van der Waals surface area contributed by atoms with Crippen molar-refractivity contribution in [1.29, 1.82) is 0 Å². The van der Waals surface area contributed by atoms with Crippen molar-refractivity contribution in [2.24, 2.45) is 23.7 Å². The number of fused-ring (bicyclic) bond motifs is 5. The zero-order valence-corrected chi connectivity index (χ0v) is 12.0. The van der Waals surface area contributed by atoms with E-state index < -0.39 is 0 Å². The van der Waals surface area contributed by atoms with E-state index >= 15 is 0 Å². The van der Waals surface area contributed by atoms with Crippen molar-refractivity contribution in [3.8, 4) is 0 Å².